The third-order valence-electron chi connectivity index (χ3n) is 1.56. The minimum atomic E-state index is -0.316. The maximum atomic E-state index is 13.4. The molecule has 0 atom stereocenters. The van der Waals surface area contributed by atoms with Crippen molar-refractivity contribution in [2.75, 3.05) is 13.9 Å². The molecule has 0 fully saturated rings. The maximum absolute atomic E-state index is 13.4. The highest BCUT2D eigenvalue weighted by atomic mass is 127. The summed E-state index contributed by atoms with van der Waals surface area (Å²) in [7, 11) is 1.50. The lowest BCUT2D eigenvalue weighted by atomic mass is 10.2. The normalized spacial score (nSPS) is 10.2. The van der Waals surface area contributed by atoms with Crippen molar-refractivity contribution < 1.29 is 13.9 Å². The zero-order valence-corrected chi connectivity index (χ0v) is 9.59. The van der Waals surface area contributed by atoms with E-state index >= 15 is 0 Å². The van der Waals surface area contributed by atoms with Crippen LogP contribution in [0.15, 0.2) is 12.1 Å². The van der Waals surface area contributed by atoms with E-state index in [0.717, 1.165) is 3.57 Å². The van der Waals surface area contributed by atoms with Gasteiger partial charge in [-0.05, 0) is 41.1 Å². The van der Waals surface area contributed by atoms with Crippen LogP contribution in [0.4, 0.5) is 4.39 Å². The molecule has 0 saturated heterocycles. The summed E-state index contributed by atoms with van der Waals surface area (Å²) < 4.78 is 23.9. The highest BCUT2D eigenvalue weighted by Crippen LogP contribution is 2.26. The van der Waals surface area contributed by atoms with Gasteiger partial charge in [0.15, 0.2) is 18.4 Å². The Balaban J connectivity index is 2.96. The summed E-state index contributed by atoms with van der Waals surface area (Å²) in [5.41, 5.74) is 0.575. The van der Waals surface area contributed by atoms with Gasteiger partial charge in [-0.2, -0.15) is 0 Å². The average Bonchev–Trinajstić information content (AvgIpc) is 2.12. The number of rotatable bonds is 3. The van der Waals surface area contributed by atoms with E-state index in [4.69, 9.17) is 9.47 Å². The summed E-state index contributed by atoms with van der Waals surface area (Å²) in [5.74, 6) is -0.0496. The van der Waals surface area contributed by atoms with Crippen molar-refractivity contribution in [1.82, 2.24) is 0 Å². The van der Waals surface area contributed by atoms with Gasteiger partial charge in [-0.25, -0.2) is 4.39 Å². The summed E-state index contributed by atoms with van der Waals surface area (Å²) in [6, 6.07) is 3.53. The number of hydrogen-bond donors (Lipinski definition) is 0. The topological polar surface area (TPSA) is 18.5 Å². The lowest BCUT2D eigenvalue weighted by Gasteiger charge is -2.09. The van der Waals surface area contributed by atoms with E-state index in [1.54, 1.807) is 13.0 Å². The molecule has 13 heavy (non-hydrogen) atoms. The van der Waals surface area contributed by atoms with Crippen molar-refractivity contribution in [3.8, 4) is 5.75 Å². The van der Waals surface area contributed by atoms with E-state index < -0.39 is 0 Å². The van der Waals surface area contributed by atoms with Crippen LogP contribution >= 0.6 is 22.6 Å². The van der Waals surface area contributed by atoms with E-state index in [2.05, 4.69) is 0 Å². The van der Waals surface area contributed by atoms with Crippen LogP contribution in [0.1, 0.15) is 5.56 Å². The molecule has 0 unspecified atom stereocenters. The Bertz CT molecular complexity index is 302. The molecular weight excluding hydrogens is 286 g/mol. The summed E-state index contributed by atoms with van der Waals surface area (Å²) in [6.45, 7) is 1.77. The van der Waals surface area contributed by atoms with Crippen molar-refractivity contribution >= 4 is 22.6 Å². The molecule has 0 spiro atoms. The number of halogens is 2. The molecule has 0 radical (unpaired) electrons. The molecule has 4 heteroatoms. The zero-order valence-electron chi connectivity index (χ0n) is 7.43. The molecule has 1 rings (SSSR count). The molecule has 0 aromatic heterocycles. The zero-order chi connectivity index (χ0) is 9.84. The van der Waals surface area contributed by atoms with Crippen LogP contribution in [0.2, 0.25) is 0 Å². The maximum Gasteiger partial charge on any atom is 0.188 e. The Hall–Kier alpha value is -0.360. The number of benzene rings is 1. The summed E-state index contributed by atoms with van der Waals surface area (Å²) >= 11 is 2.02. The molecular formula is C9H10FIO2. The van der Waals surface area contributed by atoms with Gasteiger partial charge in [-0.15, -0.1) is 0 Å². The number of methoxy groups -OCH3 is 1. The molecule has 0 aliphatic carbocycles. The first kappa shape index (κ1) is 10.7. The predicted molar refractivity (Wildman–Crippen MR) is 56.4 cm³/mol. The Kier molecular flexibility index (Phi) is 3.92. The fourth-order valence-corrected chi connectivity index (χ4v) is 1.45. The smallest absolute Gasteiger partial charge is 0.188 e. The van der Waals surface area contributed by atoms with Crippen molar-refractivity contribution in [3.63, 3.8) is 0 Å². The highest BCUT2D eigenvalue weighted by Gasteiger charge is 2.10. The Morgan fingerprint density at radius 2 is 2.15 bits per heavy atom. The monoisotopic (exact) mass is 296 g/mol. The van der Waals surface area contributed by atoms with Gasteiger partial charge >= 0.3 is 0 Å². The van der Waals surface area contributed by atoms with Gasteiger partial charge in [0.1, 0.15) is 0 Å². The second-order valence-corrected chi connectivity index (χ2v) is 3.72. The lowest BCUT2D eigenvalue weighted by molar-refractivity contribution is 0.0475. The van der Waals surface area contributed by atoms with E-state index in [9.17, 15) is 4.39 Å². The first-order valence-corrected chi connectivity index (χ1v) is 4.81. The van der Waals surface area contributed by atoms with Gasteiger partial charge in [0.25, 0.3) is 0 Å². The minimum Gasteiger partial charge on any atom is -0.463 e. The molecule has 0 aliphatic rings. The van der Waals surface area contributed by atoms with Gasteiger partial charge in [0, 0.05) is 7.11 Å². The van der Waals surface area contributed by atoms with Gasteiger partial charge in [-0.3, -0.25) is 0 Å². The van der Waals surface area contributed by atoms with Gasteiger partial charge < -0.3 is 9.47 Å². The van der Waals surface area contributed by atoms with Crippen LogP contribution < -0.4 is 4.74 Å². The first-order chi connectivity index (χ1) is 6.16. The number of ether oxygens (including phenoxy) is 2. The number of aryl methyl sites for hydroxylation is 1. The second kappa shape index (κ2) is 4.76. The standard InChI is InChI=1S/C9H10FIO2/c1-6-3-4-7(11)9(8(6)10)13-5-12-2/h3-4H,5H2,1-2H3. The molecule has 0 aliphatic heterocycles. The van der Waals surface area contributed by atoms with Gasteiger partial charge in [-0.1, -0.05) is 6.07 Å². The fraction of sp³-hybridized carbons (Fsp3) is 0.333. The van der Waals surface area contributed by atoms with Crippen molar-refractivity contribution in [2.45, 2.75) is 6.92 Å². The third-order valence-corrected chi connectivity index (χ3v) is 2.41. The van der Waals surface area contributed by atoms with E-state index in [1.807, 2.05) is 28.7 Å². The van der Waals surface area contributed by atoms with E-state index in [0.29, 0.717) is 5.56 Å². The summed E-state index contributed by atoms with van der Waals surface area (Å²) in [5, 5.41) is 0. The van der Waals surface area contributed by atoms with Gasteiger partial charge in [0.05, 0.1) is 3.57 Å². The third kappa shape index (κ3) is 2.54. The van der Waals surface area contributed by atoms with Gasteiger partial charge in [0.2, 0.25) is 0 Å². The molecule has 72 valence electrons. The van der Waals surface area contributed by atoms with Crippen LogP contribution in [0.5, 0.6) is 5.75 Å². The Morgan fingerprint density at radius 1 is 1.46 bits per heavy atom. The van der Waals surface area contributed by atoms with E-state index in [-0.39, 0.29) is 18.4 Å². The number of hydrogen-bond acceptors (Lipinski definition) is 2. The molecule has 1 aromatic rings. The van der Waals surface area contributed by atoms with Crippen LogP contribution in [0.25, 0.3) is 0 Å². The molecule has 0 amide bonds. The van der Waals surface area contributed by atoms with Crippen LogP contribution in [-0.4, -0.2) is 13.9 Å². The predicted octanol–water partition coefficient (Wildman–Crippen LogP) is 2.72. The van der Waals surface area contributed by atoms with E-state index in [1.165, 1.54) is 7.11 Å². The quantitative estimate of drug-likeness (QED) is 0.631. The largest absolute Gasteiger partial charge is 0.463 e. The molecule has 1 aromatic carbocycles. The summed E-state index contributed by atoms with van der Waals surface area (Å²) in [6.07, 6.45) is 0. The molecule has 0 N–H and O–H groups in total. The molecule has 0 heterocycles. The van der Waals surface area contributed by atoms with Crippen LogP contribution in [0, 0.1) is 16.3 Å². The first-order valence-electron chi connectivity index (χ1n) is 3.73. The SMILES string of the molecule is COCOc1c(I)ccc(C)c1F. The van der Waals surface area contributed by atoms with Crippen molar-refractivity contribution in [2.24, 2.45) is 0 Å². The highest BCUT2D eigenvalue weighted by molar-refractivity contribution is 14.1. The average molecular weight is 296 g/mol. The Morgan fingerprint density at radius 3 is 2.77 bits per heavy atom. The van der Waals surface area contributed by atoms with Crippen LogP contribution in [0.3, 0.4) is 0 Å². The van der Waals surface area contributed by atoms with Crippen LogP contribution in [-0.2, 0) is 4.74 Å². The molecule has 0 saturated carbocycles. The second-order valence-electron chi connectivity index (χ2n) is 2.56. The molecule has 0 bridgehead atoms. The summed E-state index contributed by atoms with van der Waals surface area (Å²) in [4.78, 5) is 0. The lowest BCUT2D eigenvalue weighted by Crippen LogP contribution is -2.03. The molecule has 2 nitrogen and oxygen atoms in total. The Labute approximate surface area is 90.2 Å². The fourth-order valence-electron chi connectivity index (χ4n) is 0.881. The van der Waals surface area contributed by atoms with Crippen molar-refractivity contribution in [3.05, 3.63) is 27.1 Å². The minimum absolute atomic E-state index is 0.0658. The van der Waals surface area contributed by atoms with Crippen molar-refractivity contribution in [1.29, 1.82) is 0 Å².